The molecule has 21 nitrogen and oxygen atoms in total. The number of unbranched alkanes of at least 4 members (excludes halogenated alkanes) is 26. The maximum atomic E-state index is 12.2. The minimum absolute atomic E-state index is 0. The normalized spacial score (nSPS) is 18.4. The number of nitrogens with zero attached hydrogens (tertiary/aromatic N) is 1. The summed E-state index contributed by atoms with van der Waals surface area (Å²) in [5.74, 6) is -4.76. The Hall–Kier alpha value is -0.104. The first-order valence-electron chi connectivity index (χ1n) is 33.4. The van der Waals surface area contributed by atoms with Crippen LogP contribution in [-0.4, -0.2) is 232 Å². The molecule has 1 heterocycles. The SMILES string of the molecule is CCCCCCCCCCCCCCCCOCC(COCCOCCOCCOCCOCCOCCOCCOCCOCCO[C@]1(C(=O)O)C[C@H](O)[C@@H](N=C(C)[O-])[C@H]([C@H](O)[C@H](O)CO)O1)OCCCCCCCCCCCCCCCC.[K+]. The molecule has 1 saturated heterocycles. The topological polar surface area (TPSA) is 274 Å². The molecule has 1 aliphatic heterocycles. The Bertz CT molecular complexity index is 1450. The summed E-state index contributed by atoms with van der Waals surface area (Å²) in [6.07, 6.45) is 30.1. The predicted molar refractivity (Wildman–Crippen MR) is 326 cm³/mol. The molecule has 0 aromatic heterocycles. The maximum Gasteiger partial charge on any atom is 1.00 e. The molecule has 0 bridgehead atoms. The molecule has 0 aromatic carbocycles. The van der Waals surface area contributed by atoms with E-state index in [0.717, 1.165) is 33.0 Å². The number of hydrogen-bond acceptors (Lipinski definition) is 20. The van der Waals surface area contributed by atoms with Gasteiger partial charge in [-0.1, -0.05) is 181 Å². The first-order valence-corrected chi connectivity index (χ1v) is 33.4. The molecule has 1 unspecified atom stereocenters. The number of aliphatic carboxylic acids is 1. The van der Waals surface area contributed by atoms with Crippen LogP contribution in [0.1, 0.15) is 207 Å². The molecule has 5 N–H and O–H groups in total. The van der Waals surface area contributed by atoms with Crippen molar-refractivity contribution in [3.05, 3.63) is 0 Å². The fraction of sp³-hybridized carbons (Fsp3) is 0.969. The van der Waals surface area contributed by atoms with Gasteiger partial charge in [0.1, 0.15) is 30.5 Å². The number of carboxylic acids is 1. The van der Waals surface area contributed by atoms with Gasteiger partial charge in [0.2, 0.25) is 0 Å². The molecule has 1 fully saturated rings. The largest absolute Gasteiger partial charge is 1.00 e. The van der Waals surface area contributed by atoms with Crippen molar-refractivity contribution < 1.29 is 148 Å². The van der Waals surface area contributed by atoms with Gasteiger partial charge < -0.3 is 92.2 Å². The van der Waals surface area contributed by atoms with Gasteiger partial charge in [-0.05, 0) is 25.7 Å². The van der Waals surface area contributed by atoms with Crippen LogP contribution >= 0.6 is 0 Å². The van der Waals surface area contributed by atoms with Crippen LogP contribution < -0.4 is 56.5 Å². The Kier molecular flexibility index (Phi) is 64.9. The summed E-state index contributed by atoms with van der Waals surface area (Å²) in [5, 5.41) is 61.9. The summed E-state index contributed by atoms with van der Waals surface area (Å²) >= 11 is 0. The minimum atomic E-state index is -2.44. The van der Waals surface area contributed by atoms with E-state index in [1.807, 2.05) is 0 Å². The van der Waals surface area contributed by atoms with Gasteiger partial charge in [0.25, 0.3) is 5.79 Å². The third-order valence-electron chi connectivity index (χ3n) is 14.7. The van der Waals surface area contributed by atoms with Crippen molar-refractivity contribution in [3.63, 3.8) is 0 Å². The van der Waals surface area contributed by atoms with Crippen molar-refractivity contribution in [1.29, 1.82) is 0 Å². The zero-order valence-corrected chi connectivity index (χ0v) is 57.7. The van der Waals surface area contributed by atoms with Crippen LogP contribution in [0, 0.1) is 0 Å². The number of aliphatic hydroxyl groups excluding tert-OH is 4. The second kappa shape index (κ2) is 65.0. The summed E-state index contributed by atoms with van der Waals surface area (Å²) < 4.78 is 73.9. The van der Waals surface area contributed by atoms with Crippen molar-refractivity contribution in [2.24, 2.45) is 4.99 Å². The van der Waals surface area contributed by atoms with E-state index in [1.54, 1.807) is 0 Å². The third kappa shape index (κ3) is 51.4. The van der Waals surface area contributed by atoms with Crippen LogP contribution in [-0.2, 0) is 66.4 Å². The van der Waals surface area contributed by atoms with E-state index in [9.17, 15) is 35.4 Å². The van der Waals surface area contributed by atoms with Crippen LogP contribution in [0.2, 0.25) is 0 Å². The zero-order chi connectivity index (χ0) is 61.8. The molecular weight excluding hydrogens is 1140 g/mol. The van der Waals surface area contributed by atoms with Gasteiger partial charge in [0, 0.05) is 19.6 Å². The van der Waals surface area contributed by atoms with Gasteiger partial charge in [0.15, 0.2) is 0 Å². The molecule has 0 radical (unpaired) electrons. The quantitative estimate of drug-likeness (QED) is 0.0223. The summed E-state index contributed by atoms with van der Waals surface area (Å²) in [7, 11) is 0. The Labute approximate surface area is 562 Å². The van der Waals surface area contributed by atoms with Gasteiger partial charge in [-0.3, -0.25) is 4.99 Å². The molecule has 1 aliphatic rings. The summed E-state index contributed by atoms with van der Waals surface area (Å²) in [6, 6.07) is -1.40. The average molecular weight is 1270 g/mol. The first kappa shape index (κ1) is 85.9. The number of carboxylic acid groups (broad SMARTS) is 1. The Morgan fingerprint density at radius 1 is 0.488 bits per heavy atom. The van der Waals surface area contributed by atoms with Crippen LogP contribution in [0.15, 0.2) is 4.99 Å². The first-order chi connectivity index (χ1) is 41.6. The summed E-state index contributed by atoms with van der Waals surface area (Å²) in [4.78, 5) is 15.9. The summed E-state index contributed by atoms with van der Waals surface area (Å²) in [6.45, 7) is 13.5. The second-order valence-corrected chi connectivity index (χ2v) is 22.4. The Balaban J connectivity index is 0.0000722. The van der Waals surface area contributed by atoms with Crippen LogP contribution in [0.25, 0.3) is 0 Å². The third-order valence-corrected chi connectivity index (χ3v) is 14.7. The van der Waals surface area contributed by atoms with Crippen molar-refractivity contribution in [3.8, 4) is 0 Å². The molecule has 22 heteroatoms. The van der Waals surface area contributed by atoms with E-state index in [-0.39, 0.29) is 83.9 Å². The molecule has 1 rings (SSSR count). The smallest absolute Gasteiger partial charge is 0.862 e. The Morgan fingerprint density at radius 3 is 1.12 bits per heavy atom. The van der Waals surface area contributed by atoms with E-state index in [1.165, 1.54) is 167 Å². The molecule has 7 atom stereocenters. The minimum Gasteiger partial charge on any atom is -0.862 e. The number of hydrogen-bond donors (Lipinski definition) is 5. The molecule has 0 aromatic rings. The van der Waals surface area contributed by atoms with Crippen molar-refractivity contribution in [2.75, 3.05) is 152 Å². The van der Waals surface area contributed by atoms with Gasteiger partial charge in [0.05, 0.1) is 145 Å². The Morgan fingerprint density at radius 2 is 0.791 bits per heavy atom. The number of rotatable bonds is 68. The molecule has 0 amide bonds. The van der Waals surface area contributed by atoms with E-state index in [4.69, 9.17) is 61.6 Å². The number of aliphatic imine (C=N–C) groups is 1. The molecule has 0 saturated carbocycles. The molecule has 0 spiro atoms. The van der Waals surface area contributed by atoms with Crippen LogP contribution in [0.3, 0.4) is 0 Å². The van der Waals surface area contributed by atoms with E-state index < -0.39 is 61.1 Å². The molecule has 0 aliphatic carbocycles. The predicted octanol–water partition coefficient (Wildman–Crippen LogP) is 5.31. The average Bonchev–Trinajstić information content (AvgIpc) is 0.964. The van der Waals surface area contributed by atoms with Gasteiger partial charge in [-0.15, -0.1) is 0 Å². The fourth-order valence-electron chi connectivity index (χ4n) is 9.76. The summed E-state index contributed by atoms with van der Waals surface area (Å²) in [5.41, 5.74) is 0. The zero-order valence-electron chi connectivity index (χ0n) is 54.5. The van der Waals surface area contributed by atoms with Gasteiger partial charge >= 0.3 is 57.4 Å². The van der Waals surface area contributed by atoms with Crippen molar-refractivity contribution >= 4 is 11.9 Å². The molecular formula is C64H124KNO20. The van der Waals surface area contributed by atoms with E-state index in [0.29, 0.717) is 106 Å². The van der Waals surface area contributed by atoms with Crippen LogP contribution in [0.4, 0.5) is 0 Å². The van der Waals surface area contributed by atoms with E-state index in [2.05, 4.69) is 18.8 Å². The van der Waals surface area contributed by atoms with Crippen molar-refractivity contribution in [1.82, 2.24) is 0 Å². The number of carbonyl (C=O) groups is 1. The van der Waals surface area contributed by atoms with Crippen molar-refractivity contribution in [2.45, 2.75) is 249 Å². The maximum absolute atomic E-state index is 12.2. The van der Waals surface area contributed by atoms with Gasteiger partial charge in [-0.25, -0.2) is 4.79 Å². The van der Waals surface area contributed by atoms with E-state index >= 15 is 0 Å². The van der Waals surface area contributed by atoms with Gasteiger partial charge in [-0.2, -0.15) is 0 Å². The standard InChI is InChI=1S/C64H125NO20.K/c1-4-6-8-10-12-14-16-18-20-22-24-26-28-30-32-81-54-57(83-33-31-29-27-25-23-21-19-17-15-13-11-9-7-5-2)55-82-49-48-79-45-44-77-41-40-75-37-36-73-34-35-74-38-39-76-42-43-78-46-47-80-50-51-84-64(63(71)72)52-58(68)60(65-56(3)67)62(85-64)61(70)59(69)53-66;/h57-62,66,68-70H,4-55H2,1-3H3,(H,65,67)(H,71,72);/q;+1/p-1/t57?,58-,59+,60+,61+,62+,64+;/m0./s1. The van der Waals surface area contributed by atoms with Crippen LogP contribution in [0.5, 0.6) is 0 Å². The molecule has 86 heavy (non-hydrogen) atoms. The number of ether oxygens (including phenoxy) is 13. The molecule has 506 valence electrons. The second-order valence-electron chi connectivity index (χ2n) is 22.4. The number of aliphatic hydroxyl groups is 4. The fourth-order valence-corrected chi connectivity index (χ4v) is 9.76. The monoisotopic (exact) mass is 1270 g/mol.